The van der Waals surface area contributed by atoms with Crippen molar-refractivity contribution in [3.63, 3.8) is 0 Å². The summed E-state index contributed by atoms with van der Waals surface area (Å²) in [6, 6.07) is 0.452. The second-order valence-corrected chi connectivity index (χ2v) is 4.53. The Morgan fingerprint density at radius 2 is 2.21 bits per heavy atom. The Morgan fingerprint density at radius 1 is 1.57 bits per heavy atom. The zero-order valence-corrected chi connectivity index (χ0v) is 9.92. The molecule has 1 aliphatic rings. The lowest BCUT2D eigenvalue weighted by Gasteiger charge is -2.39. The molecule has 0 aromatic heterocycles. The van der Waals surface area contributed by atoms with E-state index in [1.165, 1.54) is 0 Å². The first-order valence-electron chi connectivity index (χ1n) is 5.23. The Hall–Kier alpha value is -0.280. The molecule has 82 valence electrons. The largest absolute Gasteiger partial charge is 0.339 e. The average Bonchev–Trinajstić information content (AvgIpc) is 2.16. The SMILES string of the molecule is CCN1CCN(C(=O)C(C)Cl)CC1C. The van der Waals surface area contributed by atoms with Gasteiger partial charge in [0.1, 0.15) is 5.38 Å². The first-order valence-corrected chi connectivity index (χ1v) is 5.66. The van der Waals surface area contributed by atoms with Gasteiger partial charge >= 0.3 is 0 Å². The summed E-state index contributed by atoms with van der Waals surface area (Å²) < 4.78 is 0. The molecule has 14 heavy (non-hydrogen) atoms. The van der Waals surface area contributed by atoms with Gasteiger partial charge < -0.3 is 4.90 Å². The molecule has 1 aliphatic heterocycles. The minimum absolute atomic E-state index is 0.0641. The predicted molar refractivity (Wildman–Crippen MR) is 58.6 cm³/mol. The van der Waals surface area contributed by atoms with E-state index in [1.54, 1.807) is 6.92 Å². The maximum absolute atomic E-state index is 11.6. The lowest BCUT2D eigenvalue weighted by Crippen LogP contribution is -2.54. The second-order valence-electron chi connectivity index (χ2n) is 3.88. The van der Waals surface area contributed by atoms with E-state index in [9.17, 15) is 4.79 Å². The van der Waals surface area contributed by atoms with Crippen LogP contribution in [0, 0.1) is 0 Å². The first-order chi connectivity index (χ1) is 6.56. The third-order valence-electron chi connectivity index (χ3n) is 2.82. The molecule has 1 saturated heterocycles. The number of nitrogens with zero attached hydrogens (tertiary/aromatic N) is 2. The zero-order chi connectivity index (χ0) is 10.7. The van der Waals surface area contributed by atoms with Crippen molar-refractivity contribution in [1.29, 1.82) is 0 Å². The minimum Gasteiger partial charge on any atom is -0.339 e. The van der Waals surface area contributed by atoms with Gasteiger partial charge in [0.2, 0.25) is 5.91 Å². The number of carbonyl (C=O) groups is 1. The van der Waals surface area contributed by atoms with Gasteiger partial charge in [0.05, 0.1) is 0 Å². The molecule has 0 N–H and O–H groups in total. The Morgan fingerprint density at radius 3 is 2.64 bits per heavy atom. The number of rotatable bonds is 2. The highest BCUT2D eigenvalue weighted by Crippen LogP contribution is 2.11. The van der Waals surface area contributed by atoms with Crippen LogP contribution in [0.5, 0.6) is 0 Å². The van der Waals surface area contributed by atoms with Gasteiger partial charge in [0, 0.05) is 25.7 Å². The third kappa shape index (κ3) is 2.61. The van der Waals surface area contributed by atoms with E-state index >= 15 is 0 Å². The standard InChI is InChI=1S/C10H19ClN2O/c1-4-12-5-6-13(7-8(12)2)10(14)9(3)11/h8-9H,4-7H2,1-3H3. The van der Waals surface area contributed by atoms with Crippen LogP contribution in [0.1, 0.15) is 20.8 Å². The number of carbonyl (C=O) groups excluding carboxylic acids is 1. The highest BCUT2D eigenvalue weighted by Gasteiger charge is 2.27. The van der Waals surface area contributed by atoms with Crippen molar-refractivity contribution >= 4 is 17.5 Å². The molecule has 0 aromatic rings. The quantitative estimate of drug-likeness (QED) is 0.650. The monoisotopic (exact) mass is 218 g/mol. The summed E-state index contributed by atoms with van der Waals surface area (Å²) in [6.45, 7) is 9.69. The molecule has 0 radical (unpaired) electrons. The van der Waals surface area contributed by atoms with Gasteiger partial charge in [-0.05, 0) is 20.4 Å². The molecule has 0 spiro atoms. The molecule has 2 atom stereocenters. The van der Waals surface area contributed by atoms with Gasteiger partial charge in [-0.1, -0.05) is 6.92 Å². The van der Waals surface area contributed by atoms with Gasteiger partial charge in [0.25, 0.3) is 0 Å². The van der Waals surface area contributed by atoms with Crippen LogP contribution in [0.4, 0.5) is 0 Å². The van der Waals surface area contributed by atoms with Crippen molar-refractivity contribution in [2.24, 2.45) is 0 Å². The Labute approximate surface area is 91.0 Å². The summed E-state index contributed by atoms with van der Waals surface area (Å²) in [6.07, 6.45) is 0. The summed E-state index contributed by atoms with van der Waals surface area (Å²) in [5.41, 5.74) is 0. The van der Waals surface area contributed by atoms with E-state index in [1.807, 2.05) is 4.90 Å². The Balaban J connectivity index is 2.50. The summed E-state index contributed by atoms with van der Waals surface area (Å²) >= 11 is 5.77. The van der Waals surface area contributed by atoms with Gasteiger partial charge in [-0.15, -0.1) is 11.6 Å². The first kappa shape index (κ1) is 11.8. The van der Waals surface area contributed by atoms with Crippen molar-refractivity contribution in [3.05, 3.63) is 0 Å². The molecule has 1 fully saturated rings. The maximum Gasteiger partial charge on any atom is 0.240 e. The van der Waals surface area contributed by atoms with Crippen LogP contribution in [0.3, 0.4) is 0 Å². The molecule has 0 aliphatic carbocycles. The minimum atomic E-state index is -0.393. The molecule has 3 nitrogen and oxygen atoms in total. The van der Waals surface area contributed by atoms with Gasteiger partial charge in [-0.25, -0.2) is 0 Å². The lowest BCUT2D eigenvalue weighted by atomic mass is 10.2. The van der Waals surface area contributed by atoms with Crippen molar-refractivity contribution in [1.82, 2.24) is 9.80 Å². The molecule has 4 heteroatoms. The number of piperazine rings is 1. The molecule has 1 rings (SSSR count). The van der Waals surface area contributed by atoms with Gasteiger partial charge in [-0.3, -0.25) is 9.69 Å². The van der Waals surface area contributed by atoms with Crippen molar-refractivity contribution in [2.75, 3.05) is 26.2 Å². The fraction of sp³-hybridized carbons (Fsp3) is 0.900. The lowest BCUT2D eigenvalue weighted by molar-refractivity contribution is -0.133. The molecule has 0 saturated carbocycles. The van der Waals surface area contributed by atoms with Crippen molar-refractivity contribution < 1.29 is 4.79 Å². The molecule has 0 bridgehead atoms. The highest BCUT2D eigenvalue weighted by atomic mass is 35.5. The number of halogens is 1. The zero-order valence-electron chi connectivity index (χ0n) is 9.16. The van der Waals surface area contributed by atoms with Gasteiger partial charge in [0.15, 0.2) is 0 Å². The summed E-state index contributed by atoms with van der Waals surface area (Å²) in [4.78, 5) is 15.9. The fourth-order valence-electron chi connectivity index (χ4n) is 1.92. The van der Waals surface area contributed by atoms with Crippen LogP contribution in [-0.4, -0.2) is 53.3 Å². The Kier molecular flexibility index (Phi) is 4.20. The predicted octanol–water partition coefficient (Wildman–Crippen LogP) is 1.17. The van der Waals surface area contributed by atoms with E-state index < -0.39 is 5.38 Å². The summed E-state index contributed by atoms with van der Waals surface area (Å²) in [5.74, 6) is 0.0641. The average molecular weight is 219 g/mol. The topological polar surface area (TPSA) is 23.6 Å². The molecule has 1 heterocycles. The summed E-state index contributed by atoms with van der Waals surface area (Å²) in [7, 11) is 0. The molecular weight excluding hydrogens is 200 g/mol. The molecule has 1 amide bonds. The van der Waals surface area contributed by atoms with Crippen LogP contribution in [0.15, 0.2) is 0 Å². The van der Waals surface area contributed by atoms with Crippen LogP contribution in [-0.2, 0) is 4.79 Å². The molecule has 2 unspecified atom stereocenters. The number of likely N-dealkylation sites (N-methyl/N-ethyl adjacent to an activating group) is 1. The van der Waals surface area contributed by atoms with Crippen LogP contribution >= 0.6 is 11.6 Å². The van der Waals surface area contributed by atoms with Crippen molar-refractivity contribution in [2.45, 2.75) is 32.2 Å². The number of hydrogen-bond acceptors (Lipinski definition) is 2. The summed E-state index contributed by atoms with van der Waals surface area (Å²) in [5, 5.41) is -0.393. The maximum atomic E-state index is 11.6. The molecular formula is C10H19ClN2O. The van der Waals surface area contributed by atoms with Crippen LogP contribution < -0.4 is 0 Å². The van der Waals surface area contributed by atoms with E-state index in [0.717, 1.165) is 26.2 Å². The van der Waals surface area contributed by atoms with Crippen molar-refractivity contribution in [3.8, 4) is 0 Å². The van der Waals surface area contributed by atoms with E-state index in [0.29, 0.717) is 6.04 Å². The Bertz CT molecular complexity index is 208. The number of amides is 1. The highest BCUT2D eigenvalue weighted by molar-refractivity contribution is 6.30. The second kappa shape index (κ2) is 4.99. The van der Waals surface area contributed by atoms with E-state index in [2.05, 4.69) is 18.7 Å². The van der Waals surface area contributed by atoms with E-state index in [-0.39, 0.29) is 5.91 Å². The van der Waals surface area contributed by atoms with Crippen LogP contribution in [0.25, 0.3) is 0 Å². The fourth-order valence-corrected chi connectivity index (χ4v) is 2.05. The number of hydrogen-bond donors (Lipinski definition) is 0. The normalized spacial score (nSPS) is 26.3. The number of alkyl halides is 1. The smallest absolute Gasteiger partial charge is 0.240 e. The van der Waals surface area contributed by atoms with Crippen LogP contribution in [0.2, 0.25) is 0 Å². The van der Waals surface area contributed by atoms with Gasteiger partial charge in [-0.2, -0.15) is 0 Å². The molecule has 0 aromatic carbocycles. The van der Waals surface area contributed by atoms with E-state index in [4.69, 9.17) is 11.6 Å². The third-order valence-corrected chi connectivity index (χ3v) is 3.01.